The average molecular weight is 402 g/mol. The lowest BCUT2D eigenvalue weighted by Gasteiger charge is -2.31. The molecule has 1 aliphatic heterocycles. The van der Waals surface area contributed by atoms with Gasteiger partial charge in [0.25, 0.3) is 0 Å². The van der Waals surface area contributed by atoms with Crippen LogP contribution in [0, 0.1) is 5.92 Å². The van der Waals surface area contributed by atoms with Gasteiger partial charge >= 0.3 is 6.09 Å². The van der Waals surface area contributed by atoms with E-state index in [1.54, 1.807) is 6.26 Å². The fraction of sp³-hybridized carbons (Fsp3) is 0.350. The summed E-state index contributed by atoms with van der Waals surface area (Å²) in [5, 5.41) is 0. The number of carbonyl (C=O) groups is 1. The summed E-state index contributed by atoms with van der Waals surface area (Å²) >= 11 is 3.78. The maximum absolute atomic E-state index is 12.9. The number of ether oxygens (including phenoxy) is 1. The number of fused-ring (bicyclic) bond motifs is 1. The predicted molar refractivity (Wildman–Crippen MR) is 98.3 cm³/mol. The zero-order valence-electron chi connectivity index (χ0n) is 13.8. The van der Waals surface area contributed by atoms with E-state index in [4.69, 9.17) is 9.15 Å². The normalized spacial score (nSPS) is 28.0. The van der Waals surface area contributed by atoms with Gasteiger partial charge in [-0.05, 0) is 36.5 Å². The van der Waals surface area contributed by atoms with Gasteiger partial charge in [-0.2, -0.15) is 0 Å². The number of hydrogen-bond donors (Lipinski definition) is 0. The Labute approximate surface area is 155 Å². The van der Waals surface area contributed by atoms with Crippen LogP contribution in [0.2, 0.25) is 0 Å². The lowest BCUT2D eigenvalue weighted by atomic mass is 9.89. The molecule has 1 aromatic heterocycles. The fourth-order valence-corrected chi connectivity index (χ4v) is 4.57. The highest BCUT2D eigenvalue weighted by molar-refractivity contribution is 9.09. The SMILES string of the molecule is O=C(OCc1ccccc1)N1[C@H](c2ccco2)C[C@@H]2C(Br)CC=C[C@@H]21. The molecule has 0 spiro atoms. The van der Waals surface area contributed by atoms with Gasteiger partial charge in [0.15, 0.2) is 0 Å². The number of likely N-dealkylation sites (tertiary alicyclic amines) is 1. The topological polar surface area (TPSA) is 42.7 Å². The van der Waals surface area contributed by atoms with Gasteiger partial charge in [0.2, 0.25) is 0 Å². The number of furan rings is 1. The Morgan fingerprint density at radius 2 is 2.08 bits per heavy atom. The van der Waals surface area contributed by atoms with Gasteiger partial charge in [0.05, 0.1) is 18.3 Å². The van der Waals surface area contributed by atoms with E-state index in [1.807, 2.05) is 47.4 Å². The van der Waals surface area contributed by atoms with Crippen molar-refractivity contribution in [3.63, 3.8) is 0 Å². The van der Waals surface area contributed by atoms with Gasteiger partial charge in [-0.3, -0.25) is 4.90 Å². The minimum Gasteiger partial charge on any atom is -0.467 e. The lowest BCUT2D eigenvalue weighted by Crippen LogP contribution is -2.41. The summed E-state index contributed by atoms with van der Waals surface area (Å²) in [5.74, 6) is 1.18. The molecule has 1 unspecified atom stereocenters. The summed E-state index contributed by atoms with van der Waals surface area (Å²) in [6.07, 6.45) is 7.51. The average Bonchev–Trinajstić information content (AvgIpc) is 3.28. The van der Waals surface area contributed by atoms with Crippen LogP contribution in [0.4, 0.5) is 4.79 Å². The number of carbonyl (C=O) groups excluding carboxylic acids is 1. The minimum absolute atomic E-state index is 0.0384. The largest absolute Gasteiger partial charge is 0.467 e. The van der Waals surface area contributed by atoms with E-state index in [2.05, 4.69) is 28.1 Å². The zero-order valence-corrected chi connectivity index (χ0v) is 15.3. The Morgan fingerprint density at radius 1 is 1.24 bits per heavy atom. The third-order valence-electron chi connectivity index (χ3n) is 5.04. The molecule has 4 atom stereocenters. The number of amides is 1. The van der Waals surface area contributed by atoms with Crippen molar-refractivity contribution in [3.8, 4) is 0 Å². The van der Waals surface area contributed by atoms with E-state index in [0.29, 0.717) is 10.7 Å². The first-order chi connectivity index (χ1) is 12.2. The number of hydrogen-bond acceptors (Lipinski definition) is 3. The van der Waals surface area contributed by atoms with Gasteiger partial charge in [0, 0.05) is 4.83 Å². The standard InChI is InChI=1S/C20H20BrNO3/c21-16-8-4-9-17-15(16)12-18(19-10-5-11-24-19)22(17)20(23)25-13-14-6-2-1-3-7-14/h1-7,9-11,15-18H,8,12-13H2/t15-,16?,17+,18+/m1/s1. The van der Waals surface area contributed by atoms with E-state index in [1.165, 1.54) is 0 Å². The number of benzene rings is 1. The highest BCUT2D eigenvalue weighted by Gasteiger charge is 2.48. The summed E-state index contributed by atoms with van der Waals surface area (Å²) in [6.45, 7) is 0.278. The van der Waals surface area contributed by atoms with Crippen LogP contribution in [-0.2, 0) is 11.3 Å². The maximum Gasteiger partial charge on any atom is 0.411 e. The van der Waals surface area contributed by atoms with E-state index in [0.717, 1.165) is 24.2 Å². The second kappa shape index (κ2) is 7.08. The molecule has 2 aromatic rings. The molecule has 1 aliphatic carbocycles. The molecule has 130 valence electrons. The van der Waals surface area contributed by atoms with Gasteiger partial charge in [0.1, 0.15) is 12.4 Å². The van der Waals surface area contributed by atoms with Crippen LogP contribution in [0.1, 0.15) is 30.2 Å². The molecule has 4 rings (SSSR count). The lowest BCUT2D eigenvalue weighted by molar-refractivity contribution is 0.0783. The second-order valence-electron chi connectivity index (χ2n) is 6.55. The number of rotatable bonds is 3. The summed E-state index contributed by atoms with van der Waals surface area (Å²) in [7, 11) is 0. The molecule has 1 amide bonds. The fourth-order valence-electron chi connectivity index (χ4n) is 3.82. The van der Waals surface area contributed by atoms with Gasteiger partial charge in [-0.15, -0.1) is 0 Å². The van der Waals surface area contributed by atoms with Crippen LogP contribution in [-0.4, -0.2) is 21.9 Å². The van der Waals surface area contributed by atoms with Crippen molar-refractivity contribution in [1.29, 1.82) is 0 Å². The van der Waals surface area contributed by atoms with Crippen LogP contribution in [0.15, 0.2) is 65.3 Å². The molecular formula is C20H20BrNO3. The first-order valence-electron chi connectivity index (χ1n) is 8.57. The molecule has 25 heavy (non-hydrogen) atoms. The smallest absolute Gasteiger partial charge is 0.411 e. The molecular weight excluding hydrogens is 382 g/mol. The van der Waals surface area contributed by atoms with Crippen molar-refractivity contribution >= 4 is 22.0 Å². The third kappa shape index (κ3) is 3.25. The summed E-state index contributed by atoms with van der Waals surface area (Å²) < 4.78 is 11.2. The second-order valence-corrected chi connectivity index (χ2v) is 7.72. The van der Waals surface area contributed by atoms with Crippen molar-refractivity contribution in [1.82, 2.24) is 4.90 Å². The Kier molecular flexibility index (Phi) is 4.66. The molecule has 1 fully saturated rings. The van der Waals surface area contributed by atoms with Crippen LogP contribution < -0.4 is 0 Å². The summed E-state index contributed by atoms with van der Waals surface area (Å²) in [5.41, 5.74) is 0.985. The monoisotopic (exact) mass is 401 g/mol. The first kappa shape index (κ1) is 16.5. The Morgan fingerprint density at radius 3 is 2.84 bits per heavy atom. The van der Waals surface area contributed by atoms with Crippen molar-refractivity contribution in [2.75, 3.05) is 0 Å². The number of allylic oxidation sites excluding steroid dienone is 1. The molecule has 2 aliphatic rings. The highest BCUT2D eigenvalue weighted by Crippen LogP contribution is 2.46. The van der Waals surface area contributed by atoms with Crippen molar-refractivity contribution in [2.45, 2.75) is 36.4 Å². The van der Waals surface area contributed by atoms with Crippen LogP contribution >= 0.6 is 15.9 Å². The third-order valence-corrected chi connectivity index (χ3v) is 6.09. The van der Waals surface area contributed by atoms with E-state index >= 15 is 0 Å². The van der Waals surface area contributed by atoms with Crippen LogP contribution in [0.5, 0.6) is 0 Å². The Balaban J connectivity index is 1.56. The van der Waals surface area contributed by atoms with Crippen LogP contribution in [0.25, 0.3) is 0 Å². The first-order valence-corrected chi connectivity index (χ1v) is 9.49. The molecule has 0 saturated carbocycles. The molecule has 0 bridgehead atoms. The predicted octanol–water partition coefficient (Wildman–Crippen LogP) is 5.07. The zero-order chi connectivity index (χ0) is 17.2. The van der Waals surface area contributed by atoms with Gasteiger partial charge in [-0.25, -0.2) is 4.79 Å². The molecule has 4 nitrogen and oxygen atoms in total. The molecule has 0 radical (unpaired) electrons. The number of halogens is 1. The maximum atomic E-state index is 12.9. The quantitative estimate of drug-likeness (QED) is 0.532. The van der Waals surface area contributed by atoms with E-state index in [-0.39, 0.29) is 24.8 Å². The number of nitrogens with zero attached hydrogens (tertiary/aromatic N) is 1. The van der Waals surface area contributed by atoms with Gasteiger partial charge < -0.3 is 9.15 Å². The summed E-state index contributed by atoms with van der Waals surface area (Å²) in [4.78, 5) is 15.1. The molecule has 5 heteroatoms. The Bertz CT molecular complexity index is 744. The number of alkyl halides is 1. The summed E-state index contributed by atoms with van der Waals surface area (Å²) in [6, 6.07) is 13.5. The van der Waals surface area contributed by atoms with Crippen molar-refractivity contribution < 1.29 is 13.9 Å². The molecule has 0 N–H and O–H groups in total. The molecule has 2 heterocycles. The van der Waals surface area contributed by atoms with Gasteiger partial charge in [-0.1, -0.05) is 58.4 Å². The van der Waals surface area contributed by atoms with Crippen molar-refractivity contribution in [3.05, 3.63) is 72.2 Å². The van der Waals surface area contributed by atoms with E-state index in [9.17, 15) is 4.79 Å². The minimum atomic E-state index is -0.288. The van der Waals surface area contributed by atoms with Crippen molar-refractivity contribution in [2.24, 2.45) is 5.92 Å². The highest BCUT2D eigenvalue weighted by atomic mass is 79.9. The van der Waals surface area contributed by atoms with Crippen LogP contribution in [0.3, 0.4) is 0 Å². The molecule has 1 aromatic carbocycles. The Hall–Kier alpha value is -2.01. The molecule has 1 saturated heterocycles. The van der Waals surface area contributed by atoms with E-state index < -0.39 is 0 Å².